The quantitative estimate of drug-likeness (QED) is 0.872. The molecule has 2 aliphatic heterocycles. The molecule has 1 amide bonds. The molecule has 0 bridgehead atoms. The number of carbonyl (C=O) groups is 1. The Labute approximate surface area is 147 Å². The SMILES string of the molecule is CCC1CN(C(=O)c2ccn(C3CCCNC3)n2)CCN1CC(F)F. The number of halogens is 2. The Hall–Kier alpha value is -1.54. The Bertz CT molecular complexity index is 573. The maximum Gasteiger partial charge on any atom is 0.274 e. The first-order valence-electron chi connectivity index (χ1n) is 9.15. The van der Waals surface area contributed by atoms with Gasteiger partial charge in [0.15, 0.2) is 0 Å². The lowest BCUT2D eigenvalue weighted by Gasteiger charge is -2.40. The van der Waals surface area contributed by atoms with Gasteiger partial charge in [0.25, 0.3) is 12.3 Å². The third kappa shape index (κ3) is 4.36. The van der Waals surface area contributed by atoms with Gasteiger partial charge in [-0.1, -0.05) is 6.92 Å². The molecule has 25 heavy (non-hydrogen) atoms. The number of hydrogen-bond donors (Lipinski definition) is 1. The third-order valence-electron chi connectivity index (χ3n) is 5.21. The molecule has 6 nitrogen and oxygen atoms in total. The zero-order valence-corrected chi connectivity index (χ0v) is 14.7. The van der Waals surface area contributed by atoms with Crippen molar-refractivity contribution in [3.63, 3.8) is 0 Å². The Morgan fingerprint density at radius 1 is 1.44 bits per heavy atom. The Balaban J connectivity index is 1.62. The van der Waals surface area contributed by atoms with E-state index in [4.69, 9.17) is 0 Å². The molecule has 2 fully saturated rings. The summed E-state index contributed by atoms with van der Waals surface area (Å²) in [7, 11) is 0. The summed E-state index contributed by atoms with van der Waals surface area (Å²) in [5.41, 5.74) is 0.447. The van der Waals surface area contributed by atoms with Gasteiger partial charge < -0.3 is 10.2 Å². The van der Waals surface area contributed by atoms with E-state index < -0.39 is 6.43 Å². The van der Waals surface area contributed by atoms with Crippen molar-refractivity contribution < 1.29 is 13.6 Å². The zero-order valence-electron chi connectivity index (χ0n) is 14.7. The standard InChI is InChI=1S/C17H27F2N5O/c1-2-13-11-23(9-8-22(13)12-16(18)19)17(25)15-5-7-24(21-15)14-4-3-6-20-10-14/h5,7,13-14,16,20H,2-4,6,8-12H2,1H3. The Kier molecular flexibility index (Phi) is 6.01. The predicted molar refractivity (Wildman–Crippen MR) is 90.9 cm³/mol. The molecular weight excluding hydrogens is 328 g/mol. The smallest absolute Gasteiger partial charge is 0.274 e. The van der Waals surface area contributed by atoms with E-state index in [1.165, 1.54) is 0 Å². The van der Waals surface area contributed by atoms with E-state index in [0.717, 1.165) is 32.4 Å². The maximum absolute atomic E-state index is 12.8. The van der Waals surface area contributed by atoms with Gasteiger partial charge in [-0.15, -0.1) is 0 Å². The number of alkyl halides is 2. The van der Waals surface area contributed by atoms with Gasteiger partial charge in [-0.3, -0.25) is 14.4 Å². The average Bonchev–Trinajstić information content (AvgIpc) is 3.12. The van der Waals surface area contributed by atoms with Gasteiger partial charge in [-0.25, -0.2) is 8.78 Å². The third-order valence-corrected chi connectivity index (χ3v) is 5.21. The summed E-state index contributed by atoms with van der Waals surface area (Å²) in [5, 5.41) is 7.83. The minimum absolute atomic E-state index is 0.0173. The number of amides is 1. The van der Waals surface area contributed by atoms with Crippen molar-refractivity contribution in [3.8, 4) is 0 Å². The van der Waals surface area contributed by atoms with Crippen LogP contribution in [0.4, 0.5) is 8.78 Å². The summed E-state index contributed by atoms with van der Waals surface area (Å²) in [5.74, 6) is -0.0994. The topological polar surface area (TPSA) is 53.4 Å². The molecule has 2 atom stereocenters. The van der Waals surface area contributed by atoms with E-state index >= 15 is 0 Å². The molecular formula is C17H27F2N5O. The summed E-state index contributed by atoms with van der Waals surface area (Å²) < 4.78 is 27.3. The van der Waals surface area contributed by atoms with E-state index in [0.29, 0.717) is 31.4 Å². The first-order chi connectivity index (χ1) is 12.1. The first-order valence-corrected chi connectivity index (χ1v) is 9.15. The maximum atomic E-state index is 12.8. The van der Waals surface area contributed by atoms with E-state index in [9.17, 15) is 13.6 Å². The van der Waals surface area contributed by atoms with Crippen LogP contribution in [0.3, 0.4) is 0 Å². The molecule has 0 aromatic carbocycles. The molecule has 1 aromatic heterocycles. The van der Waals surface area contributed by atoms with Gasteiger partial charge in [0.2, 0.25) is 0 Å². The van der Waals surface area contributed by atoms with Gasteiger partial charge in [-0.2, -0.15) is 5.10 Å². The number of piperidine rings is 1. The second-order valence-corrected chi connectivity index (χ2v) is 6.88. The van der Waals surface area contributed by atoms with Crippen LogP contribution in [0.25, 0.3) is 0 Å². The van der Waals surface area contributed by atoms with Crippen molar-refractivity contribution in [2.24, 2.45) is 0 Å². The average molecular weight is 355 g/mol. The van der Waals surface area contributed by atoms with Crippen LogP contribution in [-0.2, 0) is 0 Å². The second kappa shape index (κ2) is 8.23. The van der Waals surface area contributed by atoms with E-state index in [2.05, 4.69) is 10.4 Å². The molecule has 0 spiro atoms. The van der Waals surface area contributed by atoms with Crippen molar-refractivity contribution >= 4 is 5.91 Å². The number of nitrogens with zero attached hydrogens (tertiary/aromatic N) is 4. The highest BCUT2D eigenvalue weighted by molar-refractivity contribution is 5.92. The van der Waals surface area contributed by atoms with E-state index in [1.54, 1.807) is 15.9 Å². The lowest BCUT2D eigenvalue weighted by molar-refractivity contribution is 0.0183. The van der Waals surface area contributed by atoms with Crippen LogP contribution in [0.1, 0.15) is 42.7 Å². The van der Waals surface area contributed by atoms with Crippen LogP contribution in [-0.4, -0.2) is 77.2 Å². The highest BCUT2D eigenvalue weighted by Gasteiger charge is 2.31. The number of hydrogen-bond acceptors (Lipinski definition) is 4. The minimum atomic E-state index is -2.34. The Morgan fingerprint density at radius 3 is 2.96 bits per heavy atom. The largest absolute Gasteiger partial charge is 0.334 e. The molecule has 0 radical (unpaired) electrons. The summed E-state index contributed by atoms with van der Waals surface area (Å²) >= 11 is 0. The molecule has 140 valence electrons. The van der Waals surface area contributed by atoms with Gasteiger partial charge in [0, 0.05) is 38.4 Å². The normalized spacial score (nSPS) is 25.5. The molecule has 1 N–H and O–H groups in total. The van der Waals surface area contributed by atoms with Gasteiger partial charge >= 0.3 is 0 Å². The summed E-state index contributed by atoms with van der Waals surface area (Å²) in [6.45, 7) is 5.11. The monoisotopic (exact) mass is 355 g/mol. The molecule has 8 heteroatoms. The van der Waals surface area contributed by atoms with Crippen molar-refractivity contribution in [2.75, 3.05) is 39.3 Å². The fourth-order valence-corrected chi connectivity index (χ4v) is 3.76. The van der Waals surface area contributed by atoms with E-state index in [1.807, 2.05) is 17.8 Å². The van der Waals surface area contributed by atoms with Gasteiger partial charge in [-0.05, 0) is 31.9 Å². The number of carbonyl (C=O) groups excluding carboxylic acids is 1. The summed E-state index contributed by atoms with van der Waals surface area (Å²) in [6, 6.07) is 2.04. The van der Waals surface area contributed by atoms with E-state index in [-0.39, 0.29) is 18.5 Å². The van der Waals surface area contributed by atoms with Crippen LogP contribution in [0.2, 0.25) is 0 Å². The number of rotatable bonds is 5. The van der Waals surface area contributed by atoms with Crippen molar-refractivity contribution in [3.05, 3.63) is 18.0 Å². The lowest BCUT2D eigenvalue weighted by atomic mass is 10.1. The van der Waals surface area contributed by atoms with Gasteiger partial charge in [0.05, 0.1) is 12.6 Å². The molecule has 3 heterocycles. The molecule has 1 aromatic rings. The van der Waals surface area contributed by atoms with Crippen LogP contribution in [0.15, 0.2) is 12.3 Å². The Morgan fingerprint density at radius 2 is 2.28 bits per heavy atom. The fraction of sp³-hybridized carbons (Fsp3) is 0.765. The number of nitrogens with one attached hydrogen (secondary N) is 1. The highest BCUT2D eigenvalue weighted by atomic mass is 19.3. The van der Waals surface area contributed by atoms with Crippen LogP contribution < -0.4 is 5.32 Å². The minimum Gasteiger partial charge on any atom is -0.334 e. The molecule has 2 unspecified atom stereocenters. The molecule has 2 aliphatic rings. The summed E-state index contributed by atoms with van der Waals surface area (Å²) in [6.07, 6.45) is 2.45. The number of aromatic nitrogens is 2. The van der Waals surface area contributed by atoms with Crippen molar-refractivity contribution in [1.82, 2.24) is 24.9 Å². The molecule has 0 saturated carbocycles. The molecule has 0 aliphatic carbocycles. The van der Waals surface area contributed by atoms with Crippen LogP contribution >= 0.6 is 0 Å². The van der Waals surface area contributed by atoms with Gasteiger partial charge in [0.1, 0.15) is 5.69 Å². The van der Waals surface area contributed by atoms with Crippen molar-refractivity contribution in [1.29, 1.82) is 0 Å². The lowest BCUT2D eigenvalue weighted by Crippen LogP contribution is -2.55. The zero-order chi connectivity index (χ0) is 17.8. The molecule has 3 rings (SSSR count). The van der Waals surface area contributed by atoms with Crippen LogP contribution in [0.5, 0.6) is 0 Å². The van der Waals surface area contributed by atoms with Crippen LogP contribution in [0, 0.1) is 0 Å². The summed E-state index contributed by atoms with van der Waals surface area (Å²) in [4.78, 5) is 16.3. The van der Waals surface area contributed by atoms with Crippen molar-refractivity contribution in [2.45, 2.75) is 44.7 Å². The second-order valence-electron chi connectivity index (χ2n) is 6.88. The number of piperazine rings is 1. The fourth-order valence-electron chi connectivity index (χ4n) is 3.76. The first kappa shape index (κ1) is 18.3. The molecule has 2 saturated heterocycles. The highest BCUT2D eigenvalue weighted by Crippen LogP contribution is 2.19. The predicted octanol–water partition coefficient (Wildman–Crippen LogP) is 1.61.